The van der Waals surface area contributed by atoms with Crippen molar-refractivity contribution in [3.8, 4) is 28.1 Å². The molecule has 2 heteroatoms. The zero-order valence-electron chi connectivity index (χ0n) is 26.1. The lowest BCUT2D eigenvalue weighted by Crippen LogP contribution is -2.14. The topological polar surface area (TPSA) is 18.1 Å². The molecule has 0 N–H and O–H groups in total. The lowest BCUT2D eigenvalue weighted by molar-refractivity contribution is 0.666. The molecule has 2 aromatic heterocycles. The number of furan rings is 1. The molecule has 0 radical (unpaired) electrons. The van der Waals surface area contributed by atoms with Crippen molar-refractivity contribution < 1.29 is 4.42 Å². The van der Waals surface area contributed by atoms with E-state index in [1.165, 1.54) is 76.7 Å². The van der Waals surface area contributed by atoms with Crippen molar-refractivity contribution in [2.45, 2.75) is 19.3 Å². The molecule has 8 aromatic carbocycles. The molecule has 1 aliphatic rings. The molecule has 47 heavy (non-hydrogen) atoms. The van der Waals surface area contributed by atoms with Crippen molar-refractivity contribution in [3.63, 3.8) is 0 Å². The van der Waals surface area contributed by atoms with Gasteiger partial charge in [-0.05, 0) is 73.3 Å². The standard InChI is InChI=1S/C45H29NO/c1-45(2)37-15-5-3-12-34(37)44-42(45)35-14-8-13-33(30-22-19-28-18-17-26-9-7-10-27-20-23-32(30)41(28)40(26)27)43(35)46(44)29-21-24-39-36(25-29)31-11-4-6-16-38(31)47-39/h3-25H,1-2H3. The first-order valence-corrected chi connectivity index (χ1v) is 16.4. The number of aromatic nitrogens is 1. The van der Waals surface area contributed by atoms with Crippen LogP contribution in [0.3, 0.4) is 0 Å². The molecule has 0 spiro atoms. The Labute approximate surface area is 271 Å². The Morgan fingerprint density at radius 1 is 0.489 bits per heavy atom. The minimum Gasteiger partial charge on any atom is -0.456 e. The fourth-order valence-corrected chi connectivity index (χ4v) is 8.89. The Morgan fingerprint density at radius 2 is 1.17 bits per heavy atom. The van der Waals surface area contributed by atoms with Crippen LogP contribution in [-0.4, -0.2) is 4.57 Å². The quantitative estimate of drug-likeness (QED) is 0.181. The van der Waals surface area contributed by atoms with Gasteiger partial charge in [-0.2, -0.15) is 0 Å². The maximum atomic E-state index is 6.28. The lowest BCUT2D eigenvalue weighted by Gasteiger charge is -2.22. The number of hydrogen-bond acceptors (Lipinski definition) is 1. The molecule has 0 aliphatic heterocycles. The Kier molecular flexibility index (Phi) is 4.68. The summed E-state index contributed by atoms with van der Waals surface area (Å²) in [5.41, 5.74) is 12.0. The molecule has 11 rings (SSSR count). The van der Waals surface area contributed by atoms with Crippen LogP contribution in [0.15, 0.2) is 144 Å². The fourth-order valence-electron chi connectivity index (χ4n) is 8.89. The van der Waals surface area contributed by atoms with Crippen molar-refractivity contribution >= 4 is 65.2 Å². The molecule has 220 valence electrons. The van der Waals surface area contributed by atoms with Crippen LogP contribution < -0.4 is 0 Å². The third kappa shape index (κ3) is 3.15. The monoisotopic (exact) mass is 599 g/mol. The van der Waals surface area contributed by atoms with Gasteiger partial charge in [-0.25, -0.2) is 0 Å². The first-order valence-electron chi connectivity index (χ1n) is 16.4. The van der Waals surface area contributed by atoms with E-state index >= 15 is 0 Å². The number of rotatable bonds is 2. The summed E-state index contributed by atoms with van der Waals surface area (Å²) in [6, 6.07) is 51.4. The van der Waals surface area contributed by atoms with E-state index in [4.69, 9.17) is 4.42 Å². The van der Waals surface area contributed by atoms with Crippen LogP contribution in [-0.2, 0) is 5.41 Å². The fraction of sp³-hybridized carbons (Fsp3) is 0.0667. The van der Waals surface area contributed by atoms with Gasteiger partial charge in [0.25, 0.3) is 0 Å². The molecular weight excluding hydrogens is 571 g/mol. The van der Waals surface area contributed by atoms with E-state index in [9.17, 15) is 0 Å². The minimum absolute atomic E-state index is 0.150. The number of hydrogen-bond donors (Lipinski definition) is 0. The van der Waals surface area contributed by atoms with Gasteiger partial charge in [0.15, 0.2) is 0 Å². The summed E-state index contributed by atoms with van der Waals surface area (Å²) in [5.74, 6) is 0. The average molecular weight is 600 g/mol. The van der Waals surface area contributed by atoms with E-state index < -0.39 is 0 Å². The van der Waals surface area contributed by atoms with E-state index in [1.807, 2.05) is 6.07 Å². The number of fused-ring (bicyclic) bond motifs is 8. The van der Waals surface area contributed by atoms with E-state index in [1.54, 1.807) is 0 Å². The first-order chi connectivity index (χ1) is 23.1. The second-order valence-corrected chi connectivity index (χ2v) is 13.7. The Hall–Kier alpha value is -5.86. The molecule has 0 saturated heterocycles. The van der Waals surface area contributed by atoms with Gasteiger partial charge < -0.3 is 8.98 Å². The summed E-state index contributed by atoms with van der Waals surface area (Å²) >= 11 is 0. The second-order valence-electron chi connectivity index (χ2n) is 13.7. The Bertz CT molecular complexity index is 2920. The summed E-state index contributed by atoms with van der Waals surface area (Å²) in [6.07, 6.45) is 0. The maximum Gasteiger partial charge on any atom is 0.135 e. The van der Waals surface area contributed by atoms with Crippen LogP contribution in [0.5, 0.6) is 0 Å². The van der Waals surface area contributed by atoms with Gasteiger partial charge in [-0.3, -0.25) is 0 Å². The highest BCUT2D eigenvalue weighted by Gasteiger charge is 2.41. The number of nitrogens with zero attached hydrogens (tertiary/aromatic N) is 1. The third-order valence-electron chi connectivity index (χ3n) is 10.9. The van der Waals surface area contributed by atoms with E-state index in [0.29, 0.717) is 0 Å². The third-order valence-corrected chi connectivity index (χ3v) is 10.9. The molecule has 0 bridgehead atoms. The molecule has 10 aromatic rings. The first kappa shape index (κ1) is 25.3. The molecule has 0 amide bonds. The van der Waals surface area contributed by atoms with E-state index in [2.05, 4.69) is 152 Å². The van der Waals surface area contributed by atoms with Gasteiger partial charge in [-0.15, -0.1) is 0 Å². The van der Waals surface area contributed by atoms with Crippen LogP contribution in [0.1, 0.15) is 25.0 Å². The highest BCUT2D eigenvalue weighted by molar-refractivity contribution is 6.26. The molecule has 0 fully saturated rings. The highest BCUT2D eigenvalue weighted by atomic mass is 16.3. The molecular formula is C45H29NO. The summed E-state index contributed by atoms with van der Waals surface area (Å²) in [7, 11) is 0. The van der Waals surface area contributed by atoms with Crippen LogP contribution in [0.2, 0.25) is 0 Å². The highest BCUT2D eigenvalue weighted by Crippen LogP contribution is 2.55. The van der Waals surface area contributed by atoms with Gasteiger partial charge in [0, 0.05) is 38.4 Å². The minimum atomic E-state index is -0.150. The second kappa shape index (κ2) is 8.69. The molecule has 1 aliphatic carbocycles. The van der Waals surface area contributed by atoms with Crippen molar-refractivity contribution in [2.24, 2.45) is 0 Å². The van der Waals surface area contributed by atoms with Gasteiger partial charge in [0.1, 0.15) is 11.2 Å². The number of para-hydroxylation sites is 2. The molecule has 0 atom stereocenters. The summed E-state index contributed by atoms with van der Waals surface area (Å²) in [6.45, 7) is 4.77. The lowest BCUT2D eigenvalue weighted by atomic mass is 9.81. The SMILES string of the molecule is CC1(C)c2ccccc2-c2c1c1cccc(-c3ccc4ccc5cccc6ccc3c4c56)c1n2-c1ccc2oc3ccccc3c2c1. The summed E-state index contributed by atoms with van der Waals surface area (Å²) in [4.78, 5) is 0. The van der Waals surface area contributed by atoms with Crippen molar-refractivity contribution in [3.05, 3.63) is 151 Å². The van der Waals surface area contributed by atoms with E-state index in [0.717, 1.165) is 27.6 Å². The van der Waals surface area contributed by atoms with Crippen molar-refractivity contribution in [2.75, 3.05) is 0 Å². The van der Waals surface area contributed by atoms with E-state index in [-0.39, 0.29) is 5.41 Å². The zero-order chi connectivity index (χ0) is 31.0. The summed E-state index contributed by atoms with van der Waals surface area (Å²) in [5, 5.41) is 11.4. The Morgan fingerprint density at radius 3 is 2.06 bits per heavy atom. The molecule has 2 heterocycles. The van der Waals surface area contributed by atoms with Gasteiger partial charge in [-0.1, -0.05) is 129 Å². The predicted molar refractivity (Wildman–Crippen MR) is 197 cm³/mol. The molecule has 0 unspecified atom stereocenters. The molecule has 2 nitrogen and oxygen atoms in total. The van der Waals surface area contributed by atoms with Crippen molar-refractivity contribution in [1.29, 1.82) is 0 Å². The van der Waals surface area contributed by atoms with Crippen LogP contribution in [0.25, 0.3) is 93.2 Å². The van der Waals surface area contributed by atoms with Crippen LogP contribution in [0.4, 0.5) is 0 Å². The van der Waals surface area contributed by atoms with Crippen molar-refractivity contribution in [1.82, 2.24) is 4.57 Å². The zero-order valence-corrected chi connectivity index (χ0v) is 26.1. The smallest absolute Gasteiger partial charge is 0.135 e. The summed E-state index contributed by atoms with van der Waals surface area (Å²) < 4.78 is 8.83. The van der Waals surface area contributed by atoms with Crippen LogP contribution in [0, 0.1) is 0 Å². The van der Waals surface area contributed by atoms with Crippen LogP contribution >= 0.6 is 0 Å². The Balaban J connectivity index is 1.31. The van der Waals surface area contributed by atoms with Gasteiger partial charge >= 0.3 is 0 Å². The van der Waals surface area contributed by atoms with Gasteiger partial charge in [0.05, 0.1) is 11.2 Å². The number of benzene rings is 8. The predicted octanol–water partition coefficient (Wildman–Crippen LogP) is 12.4. The largest absolute Gasteiger partial charge is 0.456 e. The molecule has 0 saturated carbocycles. The average Bonchev–Trinajstić information content (AvgIpc) is 3.73. The van der Waals surface area contributed by atoms with Gasteiger partial charge in [0.2, 0.25) is 0 Å². The normalized spacial score (nSPS) is 13.9. The maximum absolute atomic E-state index is 6.28.